The van der Waals surface area contributed by atoms with Crippen molar-refractivity contribution in [2.45, 2.75) is 13.1 Å². The number of benzene rings is 3. The molecule has 4 rings (SSSR count). The summed E-state index contributed by atoms with van der Waals surface area (Å²) in [4.78, 5) is 12.6. The Morgan fingerprint density at radius 1 is 0.867 bits per heavy atom. The lowest BCUT2D eigenvalue weighted by atomic mass is 10.1. The topological polar surface area (TPSA) is 66.5 Å². The van der Waals surface area contributed by atoms with E-state index in [9.17, 15) is 17.6 Å². The number of nitrogens with one attached hydrogen (secondary N) is 1. The summed E-state index contributed by atoms with van der Waals surface area (Å²) in [7, 11) is -4.06. The Hall–Kier alpha value is -3.45. The van der Waals surface area contributed by atoms with E-state index in [1.807, 2.05) is 30.3 Å². The zero-order chi connectivity index (χ0) is 21.1. The van der Waals surface area contributed by atoms with E-state index in [1.54, 1.807) is 36.4 Å². The van der Waals surface area contributed by atoms with Gasteiger partial charge in [-0.3, -0.25) is 9.10 Å². The highest BCUT2D eigenvalue weighted by Gasteiger charge is 2.39. The van der Waals surface area contributed by atoms with E-state index in [-0.39, 0.29) is 23.8 Å². The summed E-state index contributed by atoms with van der Waals surface area (Å²) < 4.78 is 41.0. The first-order valence-electron chi connectivity index (χ1n) is 9.35. The number of carbonyl (C=O) groups excluding carboxylic acids is 1. The molecule has 1 aliphatic heterocycles. The molecule has 5 nitrogen and oxygen atoms in total. The van der Waals surface area contributed by atoms with Crippen molar-refractivity contribution < 1.29 is 17.6 Å². The predicted octanol–water partition coefficient (Wildman–Crippen LogP) is 3.99. The van der Waals surface area contributed by atoms with Gasteiger partial charge in [0.1, 0.15) is 5.82 Å². The molecule has 0 atom stereocenters. The van der Waals surface area contributed by atoms with Crippen LogP contribution in [-0.2, 0) is 23.1 Å². The number of hydrogen-bond donors (Lipinski definition) is 1. The smallest absolute Gasteiger partial charge is 0.270 e. The van der Waals surface area contributed by atoms with Gasteiger partial charge in [0.2, 0.25) is 5.78 Å². The highest BCUT2D eigenvalue weighted by molar-refractivity contribution is 7.97. The van der Waals surface area contributed by atoms with Gasteiger partial charge in [0.25, 0.3) is 10.0 Å². The summed E-state index contributed by atoms with van der Waals surface area (Å²) in [6.07, 6.45) is 1.23. The molecule has 0 aromatic heterocycles. The number of hydrogen-bond acceptors (Lipinski definition) is 4. The van der Waals surface area contributed by atoms with E-state index in [4.69, 9.17) is 0 Å². The van der Waals surface area contributed by atoms with Crippen molar-refractivity contribution in [3.63, 3.8) is 0 Å². The van der Waals surface area contributed by atoms with Crippen LogP contribution in [0.15, 0.2) is 90.0 Å². The summed E-state index contributed by atoms with van der Waals surface area (Å²) in [5.74, 6) is -0.906. The molecular weight excluding hydrogens is 403 g/mol. The standard InChI is InChI=1S/C23H19FN2O3S/c24-19-12-10-17(11-13-19)14-25-15-22-23(27)20-8-4-5-9-21(20)26(30(22,28)29)16-18-6-2-1-3-7-18/h1-13,15,25H,14,16H2/b22-15+. The lowest BCUT2D eigenvalue weighted by Gasteiger charge is -2.31. The Balaban J connectivity index is 1.68. The quantitative estimate of drug-likeness (QED) is 0.632. The first-order valence-corrected chi connectivity index (χ1v) is 10.8. The number of carbonyl (C=O) groups is 1. The van der Waals surface area contributed by atoms with Gasteiger partial charge < -0.3 is 5.32 Å². The third-order valence-electron chi connectivity index (χ3n) is 4.83. The average Bonchev–Trinajstić information content (AvgIpc) is 2.76. The molecule has 0 radical (unpaired) electrons. The van der Waals surface area contributed by atoms with Gasteiger partial charge in [-0.1, -0.05) is 54.6 Å². The molecule has 7 heteroatoms. The second kappa shape index (κ2) is 8.12. The summed E-state index contributed by atoms with van der Waals surface area (Å²) >= 11 is 0. The molecule has 0 spiro atoms. The first kappa shape index (κ1) is 19.8. The van der Waals surface area contributed by atoms with Crippen LogP contribution in [0.1, 0.15) is 21.5 Å². The number of Topliss-reactive ketones (excluding diaryl/α,β-unsaturated/α-hetero) is 1. The van der Waals surface area contributed by atoms with Gasteiger partial charge >= 0.3 is 0 Å². The fraction of sp³-hybridized carbons (Fsp3) is 0.0870. The lowest BCUT2D eigenvalue weighted by molar-refractivity contribution is 0.104. The van der Waals surface area contributed by atoms with Crippen molar-refractivity contribution in [1.29, 1.82) is 0 Å². The second-order valence-corrected chi connectivity index (χ2v) is 8.69. The molecule has 3 aromatic carbocycles. The third kappa shape index (κ3) is 3.84. The van der Waals surface area contributed by atoms with Crippen LogP contribution in [0.5, 0.6) is 0 Å². The van der Waals surface area contributed by atoms with Gasteiger partial charge in [-0.2, -0.15) is 0 Å². The number of rotatable bonds is 5. The molecule has 1 N–H and O–H groups in total. The second-order valence-electron chi connectivity index (χ2n) is 6.86. The van der Waals surface area contributed by atoms with Crippen LogP contribution in [0.4, 0.5) is 10.1 Å². The fourth-order valence-corrected chi connectivity index (χ4v) is 4.86. The summed E-state index contributed by atoms with van der Waals surface area (Å²) in [5.41, 5.74) is 2.26. The predicted molar refractivity (Wildman–Crippen MR) is 114 cm³/mol. The van der Waals surface area contributed by atoms with Crippen LogP contribution in [0.3, 0.4) is 0 Å². The Bertz CT molecular complexity index is 1210. The number of para-hydroxylation sites is 1. The normalized spacial score (nSPS) is 16.4. The molecule has 0 saturated carbocycles. The molecule has 30 heavy (non-hydrogen) atoms. The van der Waals surface area contributed by atoms with Crippen molar-refractivity contribution in [1.82, 2.24) is 5.32 Å². The minimum absolute atomic E-state index is 0.114. The largest absolute Gasteiger partial charge is 0.386 e. The Morgan fingerprint density at radius 2 is 1.53 bits per heavy atom. The summed E-state index contributed by atoms with van der Waals surface area (Å²) in [6.45, 7) is 0.371. The van der Waals surface area contributed by atoms with Crippen LogP contribution in [0, 0.1) is 5.82 Å². The van der Waals surface area contributed by atoms with Crippen LogP contribution in [0.2, 0.25) is 0 Å². The van der Waals surface area contributed by atoms with E-state index < -0.39 is 15.8 Å². The van der Waals surface area contributed by atoms with Crippen LogP contribution in [-0.4, -0.2) is 14.2 Å². The van der Waals surface area contributed by atoms with Gasteiger partial charge in [-0.25, -0.2) is 12.8 Å². The zero-order valence-corrected chi connectivity index (χ0v) is 16.8. The number of halogens is 1. The zero-order valence-electron chi connectivity index (χ0n) is 16.0. The SMILES string of the molecule is O=C1/C(=C\NCc2ccc(F)cc2)S(=O)(=O)N(Cc2ccccc2)c2ccccc21. The van der Waals surface area contributed by atoms with Gasteiger partial charge in [0.05, 0.1) is 12.2 Å². The Morgan fingerprint density at radius 3 is 2.27 bits per heavy atom. The van der Waals surface area contributed by atoms with Crippen molar-refractivity contribution in [3.8, 4) is 0 Å². The number of sulfonamides is 1. The molecule has 3 aromatic rings. The van der Waals surface area contributed by atoms with Crippen molar-refractivity contribution >= 4 is 21.5 Å². The van der Waals surface area contributed by atoms with Gasteiger partial charge in [0.15, 0.2) is 4.91 Å². The molecule has 0 bridgehead atoms. The summed E-state index contributed by atoms with van der Waals surface area (Å²) in [6, 6.07) is 21.7. The van der Waals surface area contributed by atoms with Crippen LogP contribution >= 0.6 is 0 Å². The van der Waals surface area contributed by atoms with E-state index in [2.05, 4.69) is 5.32 Å². The van der Waals surface area contributed by atoms with Gasteiger partial charge in [-0.15, -0.1) is 0 Å². The average molecular weight is 422 g/mol. The van der Waals surface area contributed by atoms with E-state index in [0.29, 0.717) is 11.3 Å². The molecule has 0 amide bonds. The van der Waals surface area contributed by atoms with Gasteiger partial charge in [0, 0.05) is 18.3 Å². The Labute approximate surface area is 174 Å². The number of ketones is 1. The number of nitrogens with zero attached hydrogens (tertiary/aromatic N) is 1. The van der Waals surface area contributed by atoms with E-state index >= 15 is 0 Å². The van der Waals surface area contributed by atoms with Crippen molar-refractivity contribution in [2.24, 2.45) is 0 Å². The monoisotopic (exact) mass is 422 g/mol. The number of anilines is 1. The molecule has 0 unspecified atom stereocenters. The molecule has 1 heterocycles. The minimum Gasteiger partial charge on any atom is -0.386 e. The molecule has 0 saturated heterocycles. The highest BCUT2D eigenvalue weighted by atomic mass is 32.2. The Kier molecular flexibility index (Phi) is 5.37. The van der Waals surface area contributed by atoms with Crippen molar-refractivity contribution in [3.05, 3.63) is 112 Å². The van der Waals surface area contributed by atoms with Crippen LogP contribution < -0.4 is 9.62 Å². The maximum Gasteiger partial charge on any atom is 0.270 e. The van der Waals surface area contributed by atoms with Crippen molar-refractivity contribution in [2.75, 3.05) is 4.31 Å². The molecular formula is C23H19FN2O3S. The van der Waals surface area contributed by atoms with E-state index in [0.717, 1.165) is 11.1 Å². The number of fused-ring (bicyclic) bond motifs is 1. The lowest BCUT2D eigenvalue weighted by Crippen LogP contribution is -2.39. The molecule has 1 aliphatic rings. The van der Waals surface area contributed by atoms with Gasteiger partial charge in [-0.05, 0) is 35.4 Å². The summed E-state index contributed by atoms with van der Waals surface area (Å²) in [5, 5.41) is 2.88. The molecule has 0 fully saturated rings. The third-order valence-corrected chi connectivity index (χ3v) is 6.60. The maximum absolute atomic E-state index is 13.3. The maximum atomic E-state index is 13.3. The molecule has 152 valence electrons. The highest BCUT2D eigenvalue weighted by Crippen LogP contribution is 2.35. The van der Waals surface area contributed by atoms with Crippen LogP contribution in [0.25, 0.3) is 0 Å². The number of allylic oxidation sites excluding steroid dienone is 1. The van der Waals surface area contributed by atoms with E-state index in [1.165, 1.54) is 22.6 Å². The molecule has 0 aliphatic carbocycles. The first-order chi connectivity index (χ1) is 14.5. The fourth-order valence-electron chi connectivity index (χ4n) is 3.30. The minimum atomic E-state index is -4.06.